The largest absolute Gasteiger partial charge is 0.468 e. The van der Waals surface area contributed by atoms with Crippen LogP contribution in [0.5, 0.6) is 0 Å². The molecule has 0 atom stereocenters. The Labute approximate surface area is 99.4 Å². The summed E-state index contributed by atoms with van der Waals surface area (Å²) in [6.07, 6.45) is 1.52. The van der Waals surface area contributed by atoms with E-state index >= 15 is 0 Å². The van der Waals surface area contributed by atoms with E-state index in [1.807, 2.05) is 0 Å². The van der Waals surface area contributed by atoms with Crippen LogP contribution in [0, 0.1) is 0 Å². The van der Waals surface area contributed by atoms with Crippen molar-refractivity contribution in [3.05, 3.63) is 29.6 Å². The maximum atomic E-state index is 11.9. The minimum absolute atomic E-state index is 0.0877. The summed E-state index contributed by atoms with van der Waals surface area (Å²) in [5.74, 6) is -0.735. The predicted octanol–water partition coefficient (Wildman–Crippen LogP) is -0.215. The molecule has 92 valence electrons. The smallest absolute Gasteiger partial charge is 0.325 e. The van der Waals surface area contributed by atoms with E-state index in [2.05, 4.69) is 9.72 Å². The number of ether oxygens (including phenoxy) is 1. The second-order valence-corrected chi connectivity index (χ2v) is 3.48. The van der Waals surface area contributed by atoms with E-state index in [1.165, 1.54) is 25.3 Å². The highest BCUT2D eigenvalue weighted by Gasteiger charge is 2.15. The van der Waals surface area contributed by atoms with Gasteiger partial charge in [-0.1, -0.05) is 0 Å². The molecule has 1 amide bonds. The molecule has 0 bridgehead atoms. The van der Waals surface area contributed by atoms with Crippen molar-refractivity contribution >= 4 is 11.9 Å². The van der Waals surface area contributed by atoms with Crippen molar-refractivity contribution in [2.24, 2.45) is 5.73 Å². The molecule has 1 aromatic heterocycles. The van der Waals surface area contributed by atoms with Gasteiger partial charge in [-0.25, -0.2) is 0 Å². The van der Waals surface area contributed by atoms with Crippen LogP contribution in [0.25, 0.3) is 0 Å². The first-order chi connectivity index (χ1) is 8.08. The zero-order valence-electron chi connectivity index (χ0n) is 9.84. The molecule has 0 radical (unpaired) electrons. The number of carbonyl (C=O) groups excluding carboxylic acids is 2. The minimum Gasteiger partial charge on any atom is -0.468 e. The molecular formula is C11H15N3O3. The Hall–Kier alpha value is -1.95. The summed E-state index contributed by atoms with van der Waals surface area (Å²) in [6, 6.07) is 3.19. The highest BCUT2D eigenvalue weighted by atomic mass is 16.5. The first kappa shape index (κ1) is 13.1. The number of amides is 1. The van der Waals surface area contributed by atoms with Crippen LogP contribution in [0.4, 0.5) is 0 Å². The number of carbonyl (C=O) groups is 2. The van der Waals surface area contributed by atoms with Crippen molar-refractivity contribution in [3.8, 4) is 0 Å². The Kier molecular flexibility index (Phi) is 4.59. The molecule has 0 fully saturated rings. The maximum Gasteiger partial charge on any atom is 0.325 e. The van der Waals surface area contributed by atoms with Gasteiger partial charge in [0.1, 0.15) is 6.54 Å². The summed E-state index contributed by atoms with van der Waals surface area (Å²) in [5.41, 5.74) is 6.51. The zero-order valence-corrected chi connectivity index (χ0v) is 9.84. The van der Waals surface area contributed by atoms with Crippen molar-refractivity contribution in [1.82, 2.24) is 9.88 Å². The first-order valence-electron chi connectivity index (χ1n) is 5.05. The number of likely N-dealkylation sites (N-methyl/N-ethyl adjacent to an activating group) is 1. The quantitative estimate of drug-likeness (QED) is 0.732. The van der Waals surface area contributed by atoms with Gasteiger partial charge < -0.3 is 15.4 Å². The second kappa shape index (κ2) is 5.95. The van der Waals surface area contributed by atoms with E-state index in [4.69, 9.17) is 5.73 Å². The summed E-state index contributed by atoms with van der Waals surface area (Å²) in [7, 11) is 2.81. The molecule has 2 N–H and O–H groups in total. The van der Waals surface area contributed by atoms with E-state index < -0.39 is 5.97 Å². The maximum absolute atomic E-state index is 11.9. The lowest BCUT2D eigenvalue weighted by Gasteiger charge is -2.15. The van der Waals surface area contributed by atoms with E-state index in [0.29, 0.717) is 11.3 Å². The third-order valence-electron chi connectivity index (χ3n) is 2.21. The highest BCUT2D eigenvalue weighted by Crippen LogP contribution is 2.05. The predicted molar refractivity (Wildman–Crippen MR) is 61.1 cm³/mol. The molecule has 0 unspecified atom stereocenters. The molecule has 0 aliphatic heterocycles. The van der Waals surface area contributed by atoms with Gasteiger partial charge in [0.25, 0.3) is 5.91 Å². The molecule has 0 aliphatic rings. The first-order valence-corrected chi connectivity index (χ1v) is 5.05. The minimum atomic E-state index is -0.464. The number of rotatable bonds is 4. The van der Waals surface area contributed by atoms with E-state index in [1.54, 1.807) is 12.1 Å². The Morgan fingerprint density at radius 3 is 2.82 bits per heavy atom. The van der Waals surface area contributed by atoms with Crippen molar-refractivity contribution in [1.29, 1.82) is 0 Å². The van der Waals surface area contributed by atoms with E-state index in [9.17, 15) is 9.59 Å². The van der Waals surface area contributed by atoms with Gasteiger partial charge >= 0.3 is 5.97 Å². The van der Waals surface area contributed by atoms with E-state index in [-0.39, 0.29) is 19.0 Å². The summed E-state index contributed by atoms with van der Waals surface area (Å²) >= 11 is 0. The van der Waals surface area contributed by atoms with Crippen molar-refractivity contribution in [2.75, 3.05) is 20.7 Å². The Morgan fingerprint density at radius 1 is 1.53 bits per heavy atom. The van der Waals surface area contributed by atoms with Gasteiger partial charge in [-0.05, 0) is 12.1 Å². The van der Waals surface area contributed by atoms with Crippen LogP contribution in [-0.2, 0) is 16.1 Å². The molecule has 1 rings (SSSR count). The summed E-state index contributed by atoms with van der Waals surface area (Å²) in [6.45, 7) is 0.178. The number of hydrogen-bond acceptors (Lipinski definition) is 5. The number of aromatic nitrogens is 1. The molecule has 6 nitrogen and oxygen atoms in total. The van der Waals surface area contributed by atoms with Crippen LogP contribution in [0.2, 0.25) is 0 Å². The van der Waals surface area contributed by atoms with Crippen molar-refractivity contribution in [3.63, 3.8) is 0 Å². The van der Waals surface area contributed by atoms with Gasteiger partial charge in [-0.15, -0.1) is 0 Å². The molecule has 6 heteroatoms. The molecule has 1 aromatic rings. The van der Waals surface area contributed by atoms with Gasteiger partial charge in [0.05, 0.1) is 12.8 Å². The average molecular weight is 237 g/mol. The number of methoxy groups -OCH3 is 1. The fourth-order valence-electron chi connectivity index (χ4n) is 1.27. The van der Waals surface area contributed by atoms with Gasteiger partial charge in [0, 0.05) is 25.4 Å². The lowest BCUT2D eigenvalue weighted by Crippen LogP contribution is -2.32. The summed E-state index contributed by atoms with van der Waals surface area (Å²) in [5, 5.41) is 0. The molecule has 17 heavy (non-hydrogen) atoms. The SMILES string of the molecule is COC(=O)CN(C)C(=O)c1ccnc(CN)c1. The lowest BCUT2D eigenvalue weighted by molar-refractivity contribution is -0.141. The van der Waals surface area contributed by atoms with Crippen LogP contribution in [0.15, 0.2) is 18.3 Å². The van der Waals surface area contributed by atoms with Gasteiger partial charge in [-0.2, -0.15) is 0 Å². The number of nitrogens with zero attached hydrogens (tertiary/aromatic N) is 2. The molecule has 0 spiro atoms. The molecule has 0 aromatic carbocycles. The zero-order chi connectivity index (χ0) is 12.8. The van der Waals surface area contributed by atoms with Crippen LogP contribution in [0.3, 0.4) is 0 Å². The summed E-state index contributed by atoms with van der Waals surface area (Å²) < 4.78 is 4.49. The lowest BCUT2D eigenvalue weighted by atomic mass is 10.2. The fraction of sp³-hybridized carbons (Fsp3) is 0.364. The molecule has 0 saturated heterocycles. The van der Waals surface area contributed by atoms with Crippen LogP contribution < -0.4 is 5.73 Å². The standard InChI is InChI=1S/C11H15N3O3/c1-14(7-10(15)17-2)11(16)8-3-4-13-9(5-8)6-12/h3-5H,6-7,12H2,1-2H3. The third-order valence-corrected chi connectivity index (χ3v) is 2.21. The highest BCUT2D eigenvalue weighted by molar-refractivity contribution is 5.95. The molecular weight excluding hydrogens is 222 g/mol. The fourth-order valence-corrected chi connectivity index (χ4v) is 1.27. The molecule has 0 aliphatic carbocycles. The van der Waals surface area contributed by atoms with Crippen LogP contribution in [0.1, 0.15) is 16.1 Å². The van der Waals surface area contributed by atoms with Crippen molar-refractivity contribution in [2.45, 2.75) is 6.54 Å². The van der Waals surface area contributed by atoms with E-state index in [0.717, 1.165) is 0 Å². The number of pyridine rings is 1. The molecule has 1 heterocycles. The van der Waals surface area contributed by atoms with Crippen LogP contribution >= 0.6 is 0 Å². The van der Waals surface area contributed by atoms with Gasteiger partial charge in [0.2, 0.25) is 0 Å². The number of nitrogens with two attached hydrogens (primary N) is 1. The topological polar surface area (TPSA) is 85.5 Å². The third kappa shape index (κ3) is 3.53. The Bertz CT molecular complexity index is 420. The Balaban J connectivity index is 2.77. The number of esters is 1. The van der Waals surface area contributed by atoms with Gasteiger partial charge in [0.15, 0.2) is 0 Å². The van der Waals surface area contributed by atoms with Crippen molar-refractivity contribution < 1.29 is 14.3 Å². The average Bonchev–Trinajstić information content (AvgIpc) is 2.37. The molecule has 0 saturated carbocycles. The monoisotopic (exact) mass is 237 g/mol. The van der Waals surface area contributed by atoms with Crippen LogP contribution in [-0.4, -0.2) is 42.5 Å². The second-order valence-electron chi connectivity index (χ2n) is 3.48. The van der Waals surface area contributed by atoms with Gasteiger partial charge in [-0.3, -0.25) is 14.6 Å². The number of hydrogen-bond donors (Lipinski definition) is 1. The normalized spacial score (nSPS) is 9.82. The summed E-state index contributed by atoms with van der Waals surface area (Å²) in [4.78, 5) is 28.2. The Morgan fingerprint density at radius 2 is 2.24 bits per heavy atom.